The maximum Gasteiger partial charge on any atom is 0.317 e. The Balaban J connectivity index is 1.55. The molecular weight excluding hydrogens is 298 g/mol. The molecular formula is C15H25N5OS. The van der Waals surface area contributed by atoms with Crippen molar-refractivity contribution in [1.82, 2.24) is 25.0 Å². The fourth-order valence-electron chi connectivity index (χ4n) is 3.46. The molecule has 6 nitrogen and oxygen atoms in total. The molecule has 7 heteroatoms. The van der Waals surface area contributed by atoms with Crippen molar-refractivity contribution in [1.29, 1.82) is 0 Å². The van der Waals surface area contributed by atoms with Crippen molar-refractivity contribution < 1.29 is 4.79 Å². The quantitative estimate of drug-likeness (QED) is 0.927. The van der Waals surface area contributed by atoms with E-state index in [1.54, 1.807) is 6.33 Å². The molecule has 1 aliphatic carbocycles. The fraction of sp³-hybridized carbons (Fsp3) is 0.800. The molecule has 0 aromatic carbocycles. The van der Waals surface area contributed by atoms with Crippen LogP contribution in [-0.4, -0.2) is 49.3 Å². The Bertz CT molecular complexity index is 506. The molecule has 122 valence electrons. The summed E-state index contributed by atoms with van der Waals surface area (Å²) in [7, 11) is 0. The summed E-state index contributed by atoms with van der Waals surface area (Å²) in [5.74, 6) is 1.87. The van der Waals surface area contributed by atoms with E-state index in [-0.39, 0.29) is 6.03 Å². The lowest BCUT2D eigenvalue weighted by atomic mass is 9.87. The normalized spacial score (nSPS) is 21.0. The van der Waals surface area contributed by atoms with Crippen LogP contribution >= 0.6 is 11.8 Å². The van der Waals surface area contributed by atoms with Crippen molar-refractivity contribution in [3.05, 3.63) is 12.2 Å². The molecule has 2 heterocycles. The Morgan fingerprint density at radius 2 is 2.23 bits per heavy atom. The molecule has 0 radical (unpaired) electrons. The average molecular weight is 323 g/mol. The molecule has 1 spiro atoms. The van der Waals surface area contributed by atoms with Gasteiger partial charge in [0.1, 0.15) is 6.33 Å². The number of urea groups is 1. The van der Waals surface area contributed by atoms with Crippen LogP contribution in [-0.2, 0) is 13.1 Å². The molecule has 22 heavy (non-hydrogen) atoms. The molecule has 2 aliphatic rings. The molecule has 1 aliphatic heterocycles. The number of aryl methyl sites for hydroxylation is 1. The molecule has 1 aromatic heterocycles. The first-order valence-corrected chi connectivity index (χ1v) is 9.24. The van der Waals surface area contributed by atoms with Gasteiger partial charge < -0.3 is 14.8 Å². The second-order valence-electron chi connectivity index (χ2n) is 6.21. The van der Waals surface area contributed by atoms with E-state index in [9.17, 15) is 4.79 Å². The molecule has 0 unspecified atom stereocenters. The Morgan fingerprint density at radius 1 is 1.41 bits per heavy atom. The minimum atomic E-state index is 0.0379. The van der Waals surface area contributed by atoms with Gasteiger partial charge in [-0.15, -0.1) is 10.2 Å². The van der Waals surface area contributed by atoms with Crippen LogP contribution < -0.4 is 5.32 Å². The second-order valence-corrected chi connectivity index (χ2v) is 7.77. The van der Waals surface area contributed by atoms with Crippen LogP contribution in [0.25, 0.3) is 0 Å². The zero-order valence-electron chi connectivity index (χ0n) is 13.3. The largest absolute Gasteiger partial charge is 0.331 e. The Morgan fingerprint density at radius 3 is 3.00 bits per heavy atom. The van der Waals surface area contributed by atoms with E-state index in [2.05, 4.69) is 27.3 Å². The summed E-state index contributed by atoms with van der Waals surface area (Å²) in [4.78, 5) is 14.5. The van der Waals surface area contributed by atoms with Gasteiger partial charge in [0.05, 0.1) is 6.54 Å². The van der Waals surface area contributed by atoms with Gasteiger partial charge in [-0.2, -0.15) is 11.8 Å². The standard InChI is InChI=1S/C15H25N5OS/c1-2-19-12-17-18-13(19)10-16-14(21)20-8-9-22-15(11-20)6-4-3-5-7-15/h12H,2-11H2,1H3,(H,16,21). The van der Waals surface area contributed by atoms with Crippen molar-refractivity contribution in [2.24, 2.45) is 0 Å². The summed E-state index contributed by atoms with van der Waals surface area (Å²) in [6, 6.07) is 0.0379. The van der Waals surface area contributed by atoms with Gasteiger partial charge in [0.15, 0.2) is 5.82 Å². The van der Waals surface area contributed by atoms with Gasteiger partial charge in [0, 0.05) is 30.1 Å². The lowest BCUT2D eigenvalue weighted by Gasteiger charge is -2.44. The number of rotatable bonds is 3. The minimum Gasteiger partial charge on any atom is -0.331 e. The fourth-order valence-corrected chi connectivity index (χ4v) is 5.03. The van der Waals surface area contributed by atoms with Crippen LogP contribution in [0, 0.1) is 0 Å². The molecule has 1 saturated heterocycles. The highest BCUT2D eigenvalue weighted by atomic mass is 32.2. The summed E-state index contributed by atoms with van der Waals surface area (Å²) in [6.45, 7) is 5.05. The van der Waals surface area contributed by atoms with E-state index >= 15 is 0 Å². The van der Waals surface area contributed by atoms with Gasteiger partial charge in [0.25, 0.3) is 0 Å². The zero-order valence-corrected chi connectivity index (χ0v) is 14.1. The van der Waals surface area contributed by atoms with Gasteiger partial charge in [-0.05, 0) is 19.8 Å². The van der Waals surface area contributed by atoms with Crippen LogP contribution in [0.3, 0.4) is 0 Å². The SMILES string of the molecule is CCn1cnnc1CNC(=O)N1CCSC2(CCCCC2)C1. The number of nitrogens with one attached hydrogen (secondary N) is 1. The van der Waals surface area contributed by atoms with Crippen LogP contribution in [0.5, 0.6) is 0 Å². The van der Waals surface area contributed by atoms with Gasteiger partial charge in [-0.3, -0.25) is 0 Å². The minimum absolute atomic E-state index is 0.0379. The van der Waals surface area contributed by atoms with E-state index in [4.69, 9.17) is 0 Å². The van der Waals surface area contributed by atoms with Crippen molar-refractivity contribution >= 4 is 17.8 Å². The third kappa shape index (κ3) is 3.39. The first kappa shape index (κ1) is 15.6. The number of aromatic nitrogens is 3. The van der Waals surface area contributed by atoms with Crippen LogP contribution in [0.15, 0.2) is 6.33 Å². The van der Waals surface area contributed by atoms with E-state index in [0.717, 1.165) is 31.2 Å². The van der Waals surface area contributed by atoms with Crippen molar-refractivity contribution in [2.45, 2.75) is 56.9 Å². The number of amides is 2. The van der Waals surface area contributed by atoms with E-state index in [1.807, 2.05) is 16.4 Å². The van der Waals surface area contributed by atoms with E-state index in [0.29, 0.717) is 11.3 Å². The highest BCUT2D eigenvalue weighted by Crippen LogP contribution is 2.42. The van der Waals surface area contributed by atoms with E-state index in [1.165, 1.54) is 32.1 Å². The Labute approximate surface area is 136 Å². The monoisotopic (exact) mass is 323 g/mol. The van der Waals surface area contributed by atoms with Crippen LogP contribution in [0.2, 0.25) is 0 Å². The molecule has 3 rings (SSSR count). The first-order valence-electron chi connectivity index (χ1n) is 8.26. The number of carbonyl (C=O) groups is 1. The lowest BCUT2D eigenvalue weighted by molar-refractivity contribution is 0.184. The predicted molar refractivity (Wildman–Crippen MR) is 87.8 cm³/mol. The van der Waals surface area contributed by atoms with Gasteiger partial charge in [-0.25, -0.2) is 4.79 Å². The number of hydrogen-bond acceptors (Lipinski definition) is 4. The third-order valence-electron chi connectivity index (χ3n) is 4.73. The summed E-state index contributed by atoms with van der Waals surface area (Å²) < 4.78 is 2.27. The molecule has 2 fully saturated rings. The first-order chi connectivity index (χ1) is 10.7. The van der Waals surface area contributed by atoms with Crippen molar-refractivity contribution in [3.8, 4) is 0 Å². The van der Waals surface area contributed by atoms with E-state index < -0.39 is 0 Å². The summed E-state index contributed by atoms with van der Waals surface area (Å²) >= 11 is 2.08. The molecule has 1 aromatic rings. The Kier molecular flexibility index (Phi) is 4.90. The predicted octanol–water partition coefficient (Wildman–Crippen LogP) is 2.26. The van der Waals surface area contributed by atoms with Gasteiger partial charge in [0.2, 0.25) is 0 Å². The molecule has 0 bridgehead atoms. The smallest absolute Gasteiger partial charge is 0.317 e. The topological polar surface area (TPSA) is 63.1 Å². The molecule has 1 saturated carbocycles. The average Bonchev–Trinajstić information content (AvgIpc) is 3.01. The molecule has 2 amide bonds. The number of hydrogen-bond donors (Lipinski definition) is 1. The summed E-state index contributed by atoms with van der Waals surface area (Å²) in [5, 5.41) is 11.0. The number of nitrogens with zero attached hydrogens (tertiary/aromatic N) is 4. The number of thioether (sulfide) groups is 1. The highest BCUT2D eigenvalue weighted by molar-refractivity contribution is 8.00. The zero-order chi connectivity index (χ0) is 15.4. The lowest BCUT2D eigenvalue weighted by Crippen LogP contribution is -2.52. The summed E-state index contributed by atoms with van der Waals surface area (Å²) in [6.07, 6.45) is 8.18. The van der Waals surface area contributed by atoms with Crippen LogP contribution in [0.4, 0.5) is 4.79 Å². The summed E-state index contributed by atoms with van der Waals surface area (Å²) in [5.41, 5.74) is 0. The molecule has 0 atom stereocenters. The maximum absolute atomic E-state index is 12.5. The van der Waals surface area contributed by atoms with Crippen LogP contribution in [0.1, 0.15) is 44.9 Å². The van der Waals surface area contributed by atoms with Gasteiger partial charge >= 0.3 is 6.03 Å². The van der Waals surface area contributed by atoms with Crippen molar-refractivity contribution in [3.63, 3.8) is 0 Å². The van der Waals surface area contributed by atoms with Gasteiger partial charge in [-0.1, -0.05) is 19.3 Å². The Hall–Kier alpha value is -1.24. The maximum atomic E-state index is 12.5. The second kappa shape index (κ2) is 6.89. The molecule has 1 N–H and O–H groups in total. The van der Waals surface area contributed by atoms with Crippen molar-refractivity contribution in [2.75, 3.05) is 18.8 Å². The third-order valence-corrected chi connectivity index (χ3v) is 6.27. The number of carbonyl (C=O) groups excluding carboxylic acids is 1. The highest BCUT2D eigenvalue weighted by Gasteiger charge is 2.38.